The summed E-state index contributed by atoms with van der Waals surface area (Å²) in [6, 6.07) is 5.38. The minimum Gasteiger partial charge on any atom is -0.493 e. The molecule has 1 aromatic heterocycles. The molecule has 1 saturated carbocycles. The number of β-amino-alcohol motifs (C(OH)–C–C–N with tert-alkyl or cyclic N) is 1. The van der Waals surface area contributed by atoms with Crippen molar-refractivity contribution in [2.75, 3.05) is 37.7 Å². The molecule has 1 N–H and O–H groups in total. The van der Waals surface area contributed by atoms with E-state index in [4.69, 9.17) is 9.26 Å². The molecular weight excluding hydrogens is 463 g/mol. The second-order valence-electron chi connectivity index (χ2n) is 11.4. The molecule has 9 heteroatoms. The summed E-state index contributed by atoms with van der Waals surface area (Å²) in [5.74, 6) is 3.08. The van der Waals surface area contributed by atoms with Crippen LogP contribution < -0.4 is 9.64 Å². The minimum absolute atomic E-state index is 0.00382. The van der Waals surface area contributed by atoms with E-state index >= 15 is 0 Å². The zero-order chi connectivity index (χ0) is 25.4. The summed E-state index contributed by atoms with van der Waals surface area (Å²) in [5.41, 5.74) is -0.468. The lowest BCUT2D eigenvalue weighted by Crippen LogP contribution is -2.62. The van der Waals surface area contributed by atoms with Crippen LogP contribution in [0.5, 0.6) is 5.75 Å². The second kappa shape index (κ2) is 10.00. The molecule has 1 aromatic carbocycles. The van der Waals surface area contributed by atoms with Crippen LogP contribution in [-0.2, 0) is 11.2 Å². The number of likely N-dealkylation sites (tertiary alicyclic amines) is 1. The van der Waals surface area contributed by atoms with E-state index in [2.05, 4.69) is 28.9 Å². The summed E-state index contributed by atoms with van der Waals surface area (Å²) in [6.07, 6.45) is 4.49. The van der Waals surface area contributed by atoms with Crippen molar-refractivity contribution < 1.29 is 23.6 Å². The molecule has 196 valence electrons. The number of amides is 1. The van der Waals surface area contributed by atoms with Crippen LogP contribution in [0.1, 0.15) is 63.8 Å². The molecule has 2 aliphatic heterocycles. The van der Waals surface area contributed by atoms with Gasteiger partial charge in [0.15, 0.2) is 5.82 Å². The summed E-state index contributed by atoms with van der Waals surface area (Å²) < 4.78 is 25.8. The van der Waals surface area contributed by atoms with Crippen LogP contribution in [0.2, 0.25) is 0 Å². The average molecular weight is 501 g/mol. The standard InChI is InChI=1S/C27H37FN4O4/c1-17(2)25-29-26(36-30-25)31-9-6-18(7-10-31)22-12-19(22)8-11-35-21-5-4-20(23(28)14-21)13-24(33)32-15-27(3,34)16-32/h4-5,14,17-19,22,34H,6-13,15-16H2,1-3H3/t19-,22-/m1/s1. The van der Waals surface area contributed by atoms with Gasteiger partial charge in [-0.25, -0.2) is 4.39 Å². The monoisotopic (exact) mass is 500 g/mol. The number of rotatable bonds is 9. The Kier molecular flexibility index (Phi) is 6.94. The molecule has 0 radical (unpaired) electrons. The van der Waals surface area contributed by atoms with Crippen LogP contribution in [0.4, 0.5) is 10.4 Å². The topological polar surface area (TPSA) is 91.9 Å². The van der Waals surface area contributed by atoms with Crippen molar-refractivity contribution in [3.8, 4) is 5.75 Å². The van der Waals surface area contributed by atoms with Gasteiger partial charge in [0.05, 0.1) is 31.7 Å². The van der Waals surface area contributed by atoms with Crippen molar-refractivity contribution in [3.05, 3.63) is 35.4 Å². The van der Waals surface area contributed by atoms with Crippen LogP contribution in [0.15, 0.2) is 22.7 Å². The Morgan fingerprint density at radius 1 is 1.31 bits per heavy atom. The molecule has 0 spiro atoms. The normalized spacial score (nSPS) is 23.6. The van der Waals surface area contributed by atoms with Gasteiger partial charge in [-0.1, -0.05) is 25.1 Å². The molecule has 0 unspecified atom stereocenters. The number of halogens is 1. The predicted molar refractivity (Wildman–Crippen MR) is 132 cm³/mol. The zero-order valence-electron chi connectivity index (χ0n) is 21.5. The lowest BCUT2D eigenvalue weighted by atomic mass is 9.90. The summed E-state index contributed by atoms with van der Waals surface area (Å²) in [6.45, 7) is 8.89. The highest BCUT2D eigenvalue weighted by molar-refractivity contribution is 5.80. The van der Waals surface area contributed by atoms with Crippen LogP contribution in [-0.4, -0.2) is 64.4 Å². The Bertz CT molecular complexity index is 1070. The molecule has 2 aromatic rings. The number of benzene rings is 1. The van der Waals surface area contributed by atoms with E-state index in [0.717, 1.165) is 50.0 Å². The van der Waals surface area contributed by atoms with E-state index in [0.29, 0.717) is 42.9 Å². The molecule has 3 aliphatic rings. The highest BCUT2D eigenvalue weighted by Crippen LogP contribution is 2.50. The van der Waals surface area contributed by atoms with Crippen molar-refractivity contribution in [3.63, 3.8) is 0 Å². The summed E-state index contributed by atoms with van der Waals surface area (Å²) in [5, 5.41) is 13.9. The third-order valence-electron chi connectivity index (χ3n) is 7.88. The van der Waals surface area contributed by atoms with Crippen molar-refractivity contribution in [2.45, 2.75) is 64.4 Å². The number of carbonyl (C=O) groups is 1. The second-order valence-corrected chi connectivity index (χ2v) is 11.4. The first-order valence-corrected chi connectivity index (χ1v) is 13.2. The van der Waals surface area contributed by atoms with Crippen LogP contribution in [0, 0.1) is 23.6 Å². The molecule has 3 heterocycles. The van der Waals surface area contributed by atoms with E-state index in [1.54, 1.807) is 24.0 Å². The van der Waals surface area contributed by atoms with Crippen molar-refractivity contribution >= 4 is 11.9 Å². The van der Waals surface area contributed by atoms with Crippen molar-refractivity contribution in [2.24, 2.45) is 17.8 Å². The number of anilines is 1. The van der Waals surface area contributed by atoms with Crippen LogP contribution in [0.3, 0.4) is 0 Å². The van der Waals surface area contributed by atoms with Crippen LogP contribution in [0.25, 0.3) is 0 Å². The van der Waals surface area contributed by atoms with E-state index in [9.17, 15) is 14.3 Å². The van der Waals surface area contributed by atoms with Gasteiger partial charge in [-0.05, 0) is 62.0 Å². The quantitative estimate of drug-likeness (QED) is 0.560. The van der Waals surface area contributed by atoms with E-state index < -0.39 is 11.4 Å². The van der Waals surface area contributed by atoms with Gasteiger partial charge < -0.3 is 24.2 Å². The Labute approximate surface area is 211 Å². The average Bonchev–Trinajstić information content (AvgIpc) is 3.41. The summed E-state index contributed by atoms with van der Waals surface area (Å²) in [4.78, 5) is 20.5. The smallest absolute Gasteiger partial charge is 0.324 e. The molecule has 2 atom stereocenters. The Morgan fingerprint density at radius 3 is 2.69 bits per heavy atom. The third kappa shape index (κ3) is 5.66. The van der Waals surface area contributed by atoms with Gasteiger partial charge in [-0.2, -0.15) is 4.98 Å². The zero-order valence-corrected chi connectivity index (χ0v) is 21.5. The molecule has 0 bridgehead atoms. The lowest BCUT2D eigenvalue weighted by molar-refractivity contribution is -0.151. The number of aromatic nitrogens is 2. The maximum atomic E-state index is 14.5. The van der Waals surface area contributed by atoms with Gasteiger partial charge in [-0.3, -0.25) is 4.79 Å². The largest absolute Gasteiger partial charge is 0.493 e. The molecule has 1 amide bonds. The number of ether oxygens (including phenoxy) is 1. The number of carbonyl (C=O) groups excluding carboxylic acids is 1. The molecule has 1 aliphatic carbocycles. The molecule has 3 fully saturated rings. The number of piperidine rings is 1. The number of nitrogens with zero attached hydrogens (tertiary/aromatic N) is 4. The molecule has 2 saturated heterocycles. The SMILES string of the molecule is CC(C)c1noc(N2CCC([C@H]3C[C@H]3CCOc3ccc(CC(=O)N4CC(C)(O)C4)c(F)c3)CC2)n1. The fourth-order valence-electron chi connectivity index (χ4n) is 5.61. The first kappa shape index (κ1) is 25.0. The van der Waals surface area contributed by atoms with Crippen molar-refractivity contribution in [1.82, 2.24) is 15.0 Å². The minimum atomic E-state index is -0.823. The van der Waals surface area contributed by atoms with Crippen LogP contribution >= 0.6 is 0 Å². The van der Waals surface area contributed by atoms with Gasteiger partial charge in [0.2, 0.25) is 5.91 Å². The first-order chi connectivity index (χ1) is 17.2. The lowest BCUT2D eigenvalue weighted by Gasteiger charge is -2.44. The molecule has 36 heavy (non-hydrogen) atoms. The van der Waals surface area contributed by atoms with Gasteiger partial charge >= 0.3 is 6.01 Å². The number of hydrogen-bond donors (Lipinski definition) is 1. The highest BCUT2D eigenvalue weighted by atomic mass is 19.1. The molecular formula is C27H37FN4O4. The molecule has 5 rings (SSSR count). The van der Waals surface area contributed by atoms with E-state index in [-0.39, 0.29) is 18.2 Å². The Hall–Kier alpha value is -2.68. The fourth-order valence-corrected chi connectivity index (χ4v) is 5.61. The first-order valence-electron chi connectivity index (χ1n) is 13.2. The van der Waals surface area contributed by atoms with E-state index in [1.807, 2.05) is 0 Å². The Balaban J connectivity index is 1.01. The highest BCUT2D eigenvalue weighted by Gasteiger charge is 2.43. The summed E-state index contributed by atoms with van der Waals surface area (Å²) in [7, 11) is 0. The maximum absolute atomic E-state index is 14.5. The van der Waals surface area contributed by atoms with E-state index in [1.165, 1.54) is 12.5 Å². The van der Waals surface area contributed by atoms with Crippen molar-refractivity contribution in [1.29, 1.82) is 0 Å². The molecule has 8 nitrogen and oxygen atoms in total. The van der Waals surface area contributed by atoms with Gasteiger partial charge in [-0.15, -0.1) is 0 Å². The third-order valence-corrected chi connectivity index (χ3v) is 7.88. The van der Waals surface area contributed by atoms with Gasteiger partial charge in [0.1, 0.15) is 11.6 Å². The predicted octanol–water partition coefficient (Wildman–Crippen LogP) is 3.79. The van der Waals surface area contributed by atoms with Gasteiger partial charge in [0.25, 0.3) is 0 Å². The number of hydrogen-bond acceptors (Lipinski definition) is 7. The fraction of sp³-hybridized carbons (Fsp3) is 0.667. The van der Waals surface area contributed by atoms with Gasteiger partial charge in [0, 0.05) is 25.1 Å². The number of aliphatic hydroxyl groups is 1. The summed E-state index contributed by atoms with van der Waals surface area (Å²) >= 11 is 0. The maximum Gasteiger partial charge on any atom is 0.324 e. The Morgan fingerprint density at radius 2 is 2.06 bits per heavy atom.